The van der Waals surface area contributed by atoms with Crippen molar-refractivity contribution in [2.45, 2.75) is 38.3 Å². The number of hydrogen-bond donors (Lipinski definition) is 3. The monoisotopic (exact) mass is 428 g/mol. The molecule has 0 saturated heterocycles. The first-order chi connectivity index (χ1) is 15.8. The van der Waals surface area contributed by atoms with Crippen molar-refractivity contribution in [3.63, 3.8) is 0 Å². The number of fused-ring (bicyclic) bond motifs is 1. The van der Waals surface area contributed by atoms with E-state index in [1.165, 1.54) is 25.7 Å². The maximum absolute atomic E-state index is 5.67. The van der Waals surface area contributed by atoms with E-state index in [0.717, 1.165) is 33.8 Å². The summed E-state index contributed by atoms with van der Waals surface area (Å²) in [6, 6.07) is 14.8. The summed E-state index contributed by atoms with van der Waals surface area (Å²) in [7, 11) is 0. The van der Waals surface area contributed by atoms with Crippen LogP contribution in [0, 0.1) is 0 Å². The molecule has 1 aliphatic rings. The summed E-state index contributed by atoms with van der Waals surface area (Å²) in [4.78, 5) is 18.5. The number of nitrogens with two attached hydrogens (primary N) is 1. The van der Waals surface area contributed by atoms with Crippen LogP contribution in [-0.4, -0.2) is 37.6 Å². The summed E-state index contributed by atoms with van der Waals surface area (Å²) >= 11 is 0. The Labute approximate surface area is 187 Å². The number of nitrogens with zero attached hydrogens (tertiary/aromatic N) is 5. The van der Waals surface area contributed by atoms with Gasteiger partial charge in [-0.15, -0.1) is 0 Å². The van der Waals surface area contributed by atoms with Crippen molar-refractivity contribution in [3.05, 3.63) is 60.6 Å². The molecular weight excluding hydrogens is 400 g/mol. The molecule has 8 heteroatoms. The van der Waals surface area contributed by atoms with Gasteiger partial charge in [-0.2, -0.15) is 9.97 Å². The highest BCUT2D eigenvalue weighted by Gasteiger charge is 2.21. The van der Waals surface area contributed by atoms with E-state index in [1.807, 2.05) is 30.7 Å². The van der Waals surface area contributed by atoms with Crippen LogP contribution < -0.4 is 16.4 Å². The molecule has 164 valence electrons. The molecule has 0 spiro atoms. The number of imidazole rings is 1. The van der Waals surface area contributed by atoms with Crippen molar-refractivity contribution < 1.29 is 0 Å². The van der Waals surface area contributed by atoms with Crippen LogP contribution >= 0.6 is 0 Å². The van der Waals surface area contributed by atoms with Gasteiger partial charge in [0.15, 0.2) is 17.0 Å². The van der Waals surface area contributed by atoms with Crippen molar-refractivity contribution >= 4 is 22.9 Å². The van der Waals surface area contributed by atoms with E-state index in [9.17, 15) is 0 Å². The summed E-state index contributed by atoms with van der Waals surface area (Å²) in [5.41, 5.74) is 10.6. The van der Waals surface area contributed by atoms with Crippen LogP contribution in [0.1, 0.15) is 37.3 Å². The van der Waals surface area contributed by atoms with Gasteiger partial charge in [0.1, 0.15) is 0 Å². The summed E-state index contributed by atoms with van der Waals surface area (Å²) in [6.07, 6.45) is 8.58. The number of rotatable bonds is 8. The van der Waals surface area contributed by atoms with E-state index in [2.05, 4.69) is 54.4 Å². The Hall–Kier alpha value is -3.52. The van der Waals surface area contributed by atoms with E-state index in [0.29, 0.717) is 31.6 Å². The molecule has 1 fully saturated rings. The smallest absolute Gasteiger partial charge is 0.226 e. The van der Waals surface area contributed by atoms with Crippen molar-refractivity contribution in [2.75, 3.05) is 23.7 Å². The van der Waals surface area contributed by atoms with Gasteiger partial charge < -0.3 is 20.9 Å². The number of anilines is 2. The molecule has 1 saturated carbocycles. The van der Waals surface area contributed by atoms with Crippen molar-refractivity contribution in [3.8, 4) is 11.3 Å². The van der Waals surface area contributed by atoms with Crippen LogP contribution in [0.5, 0.6) is 0 Å². The molecule has 32 heavy (non-hydrogen) atoms. The lowest BCUT2D eigenvalue weighted by Crippen LogP contribution is -2.16. The molecule has 3 aromatic heterocycles. The van der Waals surface area contributed by atoms with Gasteiger partial charge in [-0.1, -0.05) is 43.2 Å². The summed E-state index contributed by atoms with van der Waals surface area (Å²) in [6.45, 7) is 1.79. The highest BCUT2D eigenvalue weighted by atomic mass is 15.2. The van der Waals surface area contributed by atoms with Crippen LogP contribution in [0.15, 0.2) is 55.0 Å². The molecule has 0 atom stereocenters. The van der Waals surface area contributed by atoms with Crippen LogP contribution in [0.25, 0.3) is 22.4 Å². The minimum atomic E-state index is 0.462. The maximum atomic E-state index is 5.67. The molecule has 0 amide bonds. The average molecular weight is 429 g/mol. The second-order valence-electron chi connectivity index (χ2n) is 8.14. The standard InChI is InChI=1S/C24H28N8/c25-12-14-27-24-30-22(21-23(31-24)32(16-29-21)19-5-1-2-6-19)28-15-17-8-10-18(11-9-17)20-7-3-4-13-26-20/h3-4,7-11,13,16,19H,1-2,5-6,12,14-15,25H2,(H2,27,28,30,31). The van der Waals surface area contributed by atoms with Gasteiger partial charge in [-0.3, -0.25) is 4.98 Å². The third-order valence-corrected chi connectivity index (χ3v) is 5.94. The first-order valence-corrected chi connectivity index (χ1v) is 11.2. The van der Waals surface area contributed by atoms with Crippen molar-refractivity contribution in [1.29, 1.82) is 0 Å². The topological polar surface area (TPSA) is 107 Å². The molecule has 3 heterocycles. The Bertz CT molecular complexity index is 1160. The van der Waals surface area contributed by atoms with Crippen LogP contribution in [0.2, 0.25) is 0 Å². The van der Waals surface area contributed by atoms with E-state index in [1.54, 1.807) is 0 Å². The van der Waals surface area contributed by atoms with Crippen LogP contribution in [0.4, 0.5) is 11.8 Å². The fourth-order valence-corrected chi connectivity index (χ4v) is 4.27. The van der Waals surface area contributed by atoms with Gasteiger partial charge in [0, 0.05) is 37.4 Å². The Morgan fingerprint density at radius 3 is 2.56 bits per heavy atom. The van der Waals surface area contributed by atoms with Gasteiger partial charge in [0.25, 0.3) is 0 Å². The first kappa shape index (κ1) is 20.4. The highest BCUT2D eigenvalue weighted by molar-refractivity contribution is 5.84. The molecule has 5 rings (SSSR count). The largest absolute Gasteiger partial charge is 0.364 e. The SMILES string of the molecule is NCCNc1nc(NCc2ccc(-c3ccccn3)cc2)c2ncn(C3CCCC3)c2n1. The zero-order valence-electron chi connectivity index (χ0n) is 18.0. The van der Waals surface area contributed by atoms with Gasteiger partial charge in [-0.05, 0) is 30.5 Å². The lowest BCUT2D eigenvalue weighted by Gasteiger charge is -2.14. The summed E-state index contributed by atoms with van der Waals surface area (Å²) in [5.74, 6) is 1.32. The van der Waals surface area contributed by atoms with Crippen molar-refractivity contribution in [1.82, 2.24) is 24.5 Å². The van der Waals surface area contributed by atoms with Gasteiger partial charge >= 0.3 is 0 Å². The third-order valence-electron chi connectivity index (χ3n) is 5.94. The lowest BCUT2D eigenvalue weighted by atomic mass is 10.1. The van der Waals surface area contributed by atoms with E-state index >= 15 is 0 Å². The quantitative estimate of drug-likeness (QED) is 0.390. The Kier molecular flexibility index (Phi) is 5.93. The van der Waals surface area contributed by atoms with Crippen LogP contribution in [0.3, 0.4) is 0 Å². The van der Waals surface area contributed by atoms with Gasteiger partial charge in [0.05, 0.1) is 12.0 Å². The molecule has 0 unspecified atom stereocenters. The molecule has 0 radical (unpaired) electrons. The maximum Gasteiger partial charge on any atom is 0.226 e. The number of benzene rings is 1. The fourth-order valence-electron chi connectivity index (χ4n) is 4.27. The zero-order valence-corrected chi connectivity index (χ0v) is 18.0. The number of pyridine rings is 1. The van der Waals surface area contributed by atoms with Gasteiger partial charge in [-0.25, -0.2) is 4.98 Å². The summed E-state index contributed by atoms with van der Waals surface area (Å²) in [5, 5.41) is 6.69. The minimum absolute atomic E-state index is 0.462. The second-order valence-corrected chi connectivity index (χ2v) is 8.14. The summed E-state index contributed by atoms with van der Waals surface area (Å²) < 4.78 is 2.21. The molecule has 0 bridgehead atoms. The molecule has 4 aromatic rings. The Morgan fingerprint density at radius 2 is 1.81 bits per heavy atom. The number of nitrogens with one attached hydrogen (secondary N) is 2. The van der Waals surface area contributed by atoms with Crippen molar-refractivity contribution in [2.24, 2.45) is 5.73 Å². The van der Waals surface area contributed by atoms with E-state index in [-0.39, 0.29) is 0 Å². The Morgan fingerprint density at radius 1 is 0.969 bits per heavy atom. The number of aromatic nitrogens is 5. The van der Waals surface area contributed by atoms with Crippen LogP contribution in [-0.2, 0) is 6.54 Å². The average Bonchev–Trinajstić information content (AvgIpc) is 3.52. The van der Waals surface area contributed by atoms with E-state index < -0.39 is 0 Å². The third kappa shape index (κ3) is 4.27. The highest BCUT2D eigenvalue weighted by Crippen LogP contribution is 2.33. The minimum Gasteiger partial charge on any atom is -0.364 e. The molecular formula is C24H28N8. The second kappa shape index (κ2) is 9.32. The fraction of sp³-hybridized carbons (Fsp3) is 0.333. The first-order valence-electron chi connectivity index (χ1n) is 11.2. The predicted octanol–water partition coefficient (Wildman–Crippen LogP) is 3.99. The number of hydrogen-bond acceptors (Lipinski definition) is 7. The van der Waals surface area contributed by atoms with Gasteiger partial charge in [0.2, 0.25) is 5.95 Å². The molecule has 4 N–H and O–H groups in total. The molecule has 0 aliphatic heterocycles. The zero-order chi connectivity index (χ0) is 21.8. The normalized spacial score (nSPS) is 14.2. The lowest BCUT2D eigenvalue weighted by molar-refractivity contribution is 0.529. The molecule has 1 aliphatic carbocycles. The van der Waals surface area contributed by atoms with E-state index in [4.69, 9.17) is 10.7 Å². The molecule has 1 aromatic carbocycles. The molecule has 8 nitrogen and oxygen atoms in total. The Balaban J connectivity index is 1.39. The predicted molar refractivity (Wildman–Crippen MR) is 127 cm³/mol.